The summed E-state index contributed by atoms with van der Waals surface area (Å²) in [6, 6.07) is 12.0. The Bertz CT molecular complexity index is 619. The standard InChI is InChI=1S/C18H22BrN3O/c1-2-22(14-10-15-7-11-20-12-8-15)18(23)21-13-9-16-5-3-4-6-17(16)19/h3-8,11-12H,2,9-10,13-14H2,1H3,(H,21,23). The lowest BCUT2D eigenvalue weighted by atomic mass is 10.1. The van der Waals surface area contributed by atoms with Crippen molar-refractivity contribution in [2.75, 3.05) is 19.6 Å². The molecule has 0 aliphatic rings. The highest BCUT2D eigenvalue weighted by molar-refractivity contribution is 9.10. The molecule has 23 heavy (non-hydrogen) atoms. The molecule has 1 aromatic carbocycles. The topological polar surface area (TPSA) is 45.2 Å². The number of rotatable bonds is 7. The van der Waals surface area contributed by atoms with E-state index in [1.807, 2.05) is 42.2 Å². The lowest BCUT2D eigenvalue weighted by Crippen LogP contribution is -2.41. The minimum absolute atomic E-state index is 0.00592. The summed E-state index contributed by atoms with van der Waals surface area (Å²) in [6.07, 6.45) is 5.22. The van der Waals surface area contributed by atoms with Gasteiger partial charge in [-0.3, -0.25) is 4.98 Å². The molecule has 0 bridgehead atoms. The molecule has 0 radical (unpaired) electrons. The molecule has 2 amide bonds. The van der Waals surface area contributed by atoms with Gasteiger partial charge in [-0.2, -0.15) is 0 Å². The van der Waals surface area contributed by atoms with Crippen molar-refractivity contribution in [3.8, 4) is 0 Å². The Hall–Kier alpha value is -1.88. The molecule has 0 aliphatic carbocycles. The molecule has 5 heteroatoms. The van der Waals surface area contributed by atoms with Crippen molar-refractivity contribution in [1.82, 2.24) is 15.2 Å². The van der Waals surface area contributed by atoms with Crippen LogP contribution in [0.5, 0.6) is 0 Å². The van der Waals surface area contributed by atoms with Crippen molar-refractivity contribution < 1.29 is 4.79 Å². The van der Waals surface area contributed by atoms with Gasteiger partial charge < -0.3 is 10.2 Å². The number of urea groups is 1. The van der Waals surface area contributed by atoms with E-state index in [9.17, 15) is 4.79 Å². The van der Waals surface area contributed by atoms with Crippen LogP contribution >= 0.6 is 15.9 Å². The number of aromatic nitrogens is 1. The van der Waals surface area contributed by atoms with Crippen LogP contribution in [0.15, 0.2) is 53.3 Å². The molecule has 2 rings (SSSR count). The van der Waals surface area contributed by atoms with Crippen LogP contribution in [0.2, 0.25) is 0 Å². The number of benzene rings is 1. The van der Waals surface area contributed by atoms with Gasteiger partial charge in [0.2, 0.25) is 0 Å². The SMILES string of the molecule is CCN(CCc1ccncc1)C(=O)NCCc1ccccc1Br. The molecule has 4 nitrogen and oxygen atoms in total. The second kappa shape index (κ2) is 9.30. The third-order valence-corrected chi connectivity index (χ3v) is 4.49. The van der Waals surface area contributed by atoms with Gasteiger partial charge in [-0.05, 0) is 49.1 Å². The lowest BCUT2D eigenvalue weighted by molar-refractivity contribution is 0.201. The maximum atomic E-state index is 12.3. The van der Waals surface area contributed by atoms with Crippen molar-refractivity contribution in [2.24, 2.45) is 0 Å². The van der Waals surface area contributed by atoms with E-state index in [1.54, 1.807) is 12.4 Å². The van der Waals surface area contributed by atoms with Gasteiger partial charge in [0.15, 0.2) is 0 Å². The molecule has 122 valence electrons. The number of pyridine rings is 1. The number of halogens is 1. The average molecular weight is 376 g/mol. The van der Waals surface area contributed by atoms with Crippen molar-refractivity contribution >= 4 is 22.0 Å². The number of carbonyl (C=O) groups excluding carboxylic acids is 1. The first kappa shape index (κ1) is 17.5. The van der Waals surface area contributed by atoms with E-state index in [4.69, 9.17) is 0 Å². The van der Waals surface area contributed by atoms with E-state index >= 15 is 0 Å². The summed E-state index contributed by atoms with van der Waals surface area (Å²) < 4.78 is 1.08. The first-order chi connectivity index (χ1) is 11.2. The largest absolute Gasteiger partial charge is 0.338 e. The summed E-state index contributed by atoms with van der Waals surface area (Å²) >= 11 is 3.53. The number of hydrogen-bond donors (Lipinski definition) is 1. The second-order valence-corrected chi connectivity index (χ2v) is 6.11. The summed E-state index contributed by atoms with van der Waals surface area (Å²) in [6.45, 7) is 4.04. The highest BCUT2D eigenvalue weighted by Gasteiger charge is 2.11. The maximum Gasteiger partial charge on any atom is 0.317 e. The lowest BCUT2D eigenvalue weighted by Gasteiger charge is -2.21. The quantitative estimate of drug-likeness (QED) is 0.802. The Morgan fingerprint density at radius 1 is 1.17 bits per heavy atom. The molecule has 0 spiro atoms. The Morgan fingerprint density at radius 3 is 2.61 bits per heavy atom. The molecule has 1 N–H and O–H groups in total. The first-order valence-electron chi connectivity index (χ1n) is 7.85. The first-order valence-corrected chi connectivity index (χ1v) is 8.65. The summed E-state index contributed by atoms with van der Waals surface area (Å²) in [4.78, 5) is 18.1. The van der Waals surface area contributed by atoms with Crippen LogP contribution in [0, 0.1) is 0 Å². The molecule has 0 aliphatic heterocycles. The average Bonchev–Trinajstić information content (AvgIpc) is 2.58. The number of nitrogens with one attached hydrogen (secondary N) is 1. The van der Waals surface area contributed by atoms with Gasteiger partial charge in [0, 0.05) is 36.5 Å². The zero-order valence-corrected chi connectivity index (χ0v) is 14.9. The fourth-order valence-corrected chi connectivity index (χ4v) is 2.82. The number of nitrogens with zero attached hydrogens (tertiary/aromatic N) is 2. The molecule has 2 aromatic rings. The predicted octanol–water partition coefficient (Wildman–Crippen LogP) is 3.66. The maximum absolute atomic E-state index is 12.3. The Balaban J connectivity index is 1.77. The van der Waals surface area contributed by atoms with Crippen molar-refractivity contribution in [2.45, 2.75) is 19.8 Å². The van der Waals surface area contributed by atoms with Crippen LogP contribution in [-0.4, -0.2) is 35.5 Å². The predicted molar refractivity (Wildman–Crippen MR) is 96.4 cm³/mol. The van der Waals surface area contributed by atoms with Crippen LogP contribution in [0.3, 0.4) is 0 Å². The van der Waals surface area contributed by atoms with Gasteiger partial charge in [0.25, 0.3) is 0 Å². The van der Waals surface area contributed by atoms with Crippen LogP contribution in [-0.2, 0) is 12.8 Å². The van der Waals surface area contributed by atoms with E-state index in [0.29, 0.717) is 19.6 Å². The highest BCUT2D eigenvalue weighted by atomic mass is 79.9. The summed E-state index contributed by atoms with van der Waals surface area (Å²) in [7, 11) is 0. The Kier molecular flexibility index (Phi) is 7.07. The molecule has 0 unspecified atom stereocenters. The molecule has 1 aromatic heterocycles. The van der Waals surface area contributed by atoms with Crippen molar-refractivity contribution in [1.29, 1.82) is 0 Å². The summed E-state index contributed by atoms with van der Waals surface area (Å²) in [5, 5.41) is 3.00. The molecule has 0 saturated carbocycles. The van der Waals surface area contributed by atoms with Gasteiger partial charge in [0.1, 0.15) is 0 Å². The van der Waals surface area contributed by atoms with Gasteiger partial charge in [-0.15, -0.1) is 0 Å². The molecule has 0 saturated heterocycles. The zero-order chi connectivity index (χ0) is 16.5. The minimum Gasteiger partial charge on any atom is -0.338 e. The van der Waals surface area contributed by atoms with Crippen molar-refractivity contribution in [3.63, 3.8) is 0 Å². The van der Waals surface area contributed by atoms with Crippen LogP contribution in [0.4, 0.5) is 4.79 Å². The fraction of sp³-hybridized carbons (Fsp3) is 0.333. The van der Waals surface area contributed by atoms with Gasteiger partial charge in [-0.1, -0.05) is 34.1 Å². The molecule has 1 heterocycles. The van der Waals surface area contributed by atoms with E-state index in [0.717, 1.165) is 17.3 Å². The number of likely N-dealkylation sites (N-methyl/N-ethyl adjacent to an activating group) is 1. The normalized spacial score (nSPS) is 10.3. The number of hydrogen-bond acceptors (Lipinski definition) is 2. The zero-order valence-electron chi connectivity index (χ0n) is 13.3. The summed E-state index contributed by atoms with van der Waals surface area (Å²) in [5.74, 6) is 0. The van der Waals surface area contributed by atoms with E-state index in [1.165, 1.54) is 11.1 Å². The Morgan fingerprint density at radius 2 is 1.91 bits per heavy atom. The van der Waals surface area contributed by atoms with Gasteiger partial charge in [0.05, 0.1) is 0 Å². The van der Waals surface area contributed by atoms with Crippen LogP contribution < -0.4 is 5.32 Å². The molecule has 0 fully saturated rings. The van der Waals surface area contributed by atoms with Gasteiger partial charge >= 0.3 is 6.03 Å². The van der Waals surface area contributed by atoms with Gasteiger partial charge in [-0.25, -0.2) is 4.79 Å². The molecular weight excluding hydrogens is 354 g/mol. The van der Waals surface area contributed by atoms with Crippen LogP contribution in [0.25, 0.3) is 0 Å². The third kappa shape index (κ3) is 5.67. The number of amides is 2. The minimum atomic E-state index is -0.00592. The van der Waals surface area contributed by atoms with Crippen molar-refractivity contribution in [3.05, 3.63) is 64.4 Å². The number of carbonyl (C=O) groups is 1. The highest BCUT2D eigenvalue weighted by Crippen LogP contribution is 2.15. The smallest absolute Gasteiger partial charge is 0.317 e. The monoisotopic (exact) mass is 375 g/mol. The fourth-order valence-electron chi connectivity index (χ4n) is 2.33. The van der Waals surface area contributed by atoms with E-state index in [-0.39, 0.29) is 6.03 Å². The third-order valence-electron chi connectivity index (χ3n) is 3.72. The second-order valence-electron chi connectivity index (χ2n) is 5.26. The summed E-state index contributed by atoms with van der Waals surface area (Å²) in [5.41, 5.74) is 2.40. The van der Waals surface area contributed by atoms with E-state index < -0.39 is 0 Å². The van der Waals surface area contributed by atoms with E-state index in [2.05, 4.69) is 32.3 Å². The van der Waals surface area contributed by atoms with Crippen LogP contribution in [0.1, 0.15) is 18.1 Å². The molecule has 0 atom stereocenters. The molecular formula is C18H22BrN3O. The Labute approximate surface area is 146 Å².